The van der Waals surface area contributed by atoms with E-state index in [0.717, 1.165) is 0 Å². The smallest absolute Gasteiger partial charge is 0.232 e. The fraction of sp³-hybridized carbons (Fsp3) is 0.273. The Kier molecular flexibility index (Phi) is 2.39. The van der Waals surface area contributed by atoms with Crippen molar-refractivity contribution in [2.45, 2.75) is 19.3 Å². The first kappa shape index (κ1) is 11.0. The van der Waals surface area contributed by atoms with Crippen LogP contribution in [0.25, 0.3) is 11.1 Å². The Hall–Kier alpha value is -1.55. The Labute approximate surface area is 97.4 Å². The first-order valence-corrected chi connectivity index (χ1v) is 5.15. The van der Waals surface area contributed by atoms with Gasteiger partial charge in [-0.25, -0.2) is 4.98 Å². The number of amides is 1. The molecule has 0 saturated heterocycles. The van der Waals surface area contributed by atoms with Crippen molar-refractivity contribution in [3.05, 3.63) is 29.1 Å². The molecule has 2 rings (SSSR count). The average molecular weight is 239 g/mol. The van der Waals surface area contributed by atoms with Crippen molar-refractivity contribution in [3.63, 3.8) is 0 Å². The van der Waals surface area contributed by atoms with Crippen LogP contribution in [0, 0.1) is 0 Å². The van der Waals surface area contributed by atoms with E-state index >= 15 is 0 Å². The van der Waals surface area contributed by atoms with Gasteiger partial charge in [0.1, 0.15) is 10.9 Å². The molecule has 0 spiro atoms. The van der Waals surface area contributed by atoms with Gasteiger partial charge in [0.05, 0.1) is 0 Å². The summed E-state index contributed by atoms with van der Waals surface area (Å²) in [5.74, 6) is -0.178. The highest BCUT2D eigenvalue weighted by molar-refractivity contribution is 6.31. The number of nitrogens with zero attached hydrogens (tertiary/aromatic N) is 1. The predicted octanol–water partition coefficient (Wildman–Crippen LogP) is 2.24. The number of fused-ring (bicyclic) bond motifs is 1. The van der Waals surface area contributed by atoms with E-state index in [0.29, 0.717) is 22.0 Å². The Morgan fingerprint density at radius 3 is 2.81 bits per heavy atom. The zero-order valence-corrected chi connectivity index (χ0v) is 9.71. The summed E-state index contributed by atoms with van der Waals surface area (Å²) in [4.78, 5) is 15.5. The van der Waals surface area contributed by atoms with Gasteiger partial charge < -0.3 is 10.2 Å². The molecule has 2 N–H and O–H groups in total. The van der Waals surface area contributed by atoms with Crippen molar-refractivity contribution in [2.75, 3.05) is 0 Å². The van der Waals surface area contributed by atoms with E-state index in [1.54, 1.807) is 32.0 Å². The molecule has 2 aromatic rings. The van der Waals surface area contributed by atoms with E-state index in [-0.39, 0.29) is 0 Å². The number of rotatable bonds is 2. The number of nitrogens with two attached hydrogens (primary N) is 1. The first-order valence-electron chi connectivity index (χ1n) is 4.78. The predicted molar refractivity (Wildman–Crippen MR) is 61.2 cm³/mol. The fourth-order valence-electron chi connectivity index (χ4n) is 1.27. The largest absolute Gasteiger partial charge is 0.440 e. The lowest BCUT2D eigenvalue weighted by atomic mass is 9.93. The molecule has 0 bridgehead atoms. The minimum atomic E-state index is -0.925. The Balaban J connectivity index is 2.59. The van der Waals surface area contributed by atoms with E-state index in [1.165, 1.54) is 0 Å². The van der Waals surface area contributed by atoms with E-state index in [2.05, 4.69) is 4.98 Å². The van der Waals surface area contributed by atoms with E-state index in [9.17, 15) is 4.79 Å². The average Bonchev–Trinajstić information content (AvgIpc) is 2.60. The molecule has 0 aliphatic heterocycles. The number of oxazole rings is 1. The maximum absolute atomic E-state index is 11.3. The highest BCUT2D eigenvalue weighted by Gasteiger charge is 2.33. The molecule has 1 heterocycles. The van der Waals surface area contributed by atoms with Gasteiger partial charge in [-0.05, 0) is 32.0 Å². The lowest BCUT2D eigenvalue weighted by Crippen LogP contribution is -2.35. The van der Waals surface area contributed by atoms with Crippen LogP contribution in [-0.4, -0.2) is 10.9 Å². The van der Waals surface area contributed by atoms with E-state index < -0.39 is 11.3 Å². The molecule has 0 saturated carbocycles. The van der Waals surface area contributed by atoms with Gasteiger partial charge in [0.2, 0.25) is 11.8 Å². The van der Waals surface area contributed by atoms with Crippen LogP contribution in [0.2, 0.25) is 5.02 Å². The van der Waals surface area contributed by atoms with Crippen LogP contribution in [0.4, 0.5) is 0 Å². The molecule has 0 aliphatic rings. The molecular weight excluding hydrogens is 228 g/mol. The number of primary amides is 1. The molecule has 84 valence electrons. The quantitative estimate of drug-likeness (QED) is 0.872. The van der Waals surface area contributed by atoms with Crippen LogP contribution in [0.5, 0.6) is 0 Å². The van der Waals surface area contributed by atoms with Crippen LogP contribution in [0.3, 0.4) is 0 Å². The lowest BCUT2D eigenvalue weighted by molar-refractivity contribution is -0.123. The minimum absolute atomic E-state index is 0.303. The zero-order chi connectivity index (χ0) is 11.9. The topological polar surface area (TPSA) is 69.1 Å². The lowest BCUT2D eigenvalue weighted by Gasteiger charge is -2.14. The monoisotopic (exact) mass is 238 g/mol. The number of benzene rings is 1. The highest BCUT2D eigenvalue weighted by Crippen LogP contribution is 2.27. The zero-order valence-electron chi connectivity index (χ0n) is 8.95. The highest BCUT2D eigenvalue weighted by atomic mass is 35.5. The normalized spacial score (nSPS) is 11.9. The molecule has 16 heavy (non-hydrogen) atoms. The molecule has 0 atom stereocenters. The van der Waals surface area contributed by atoms with Crippen LogP contribution in [0.15, 0.2) is 22.6 Å². The summed E-state index contributed by atoms with van der Waals surface area (Å²) in [7, 11) is 0. The summed E-state index contributed by atoms with van der Waals surface area (Å²) in [6, 6.07) is 5.10. The van der Waals surface area contributed by atoms with Gasteiger partial charge in [0.15, 0.2) is 5.58 Å². The third-order valence-electron chi connectivity index (χ3n) is 2.50. The van der Waals surface area contributed by atoms with Gasteiger partial charge in [-0.1, -0.05) is 11.6 Å². The van der Waals surface area contributed by atoms with Gasteiger partial charge in [-0.2, -0.15) is 0 Å². The first-order chi connectivity index (χ1) is 7.41. The van der Waals surface area contributed by atoms with E-state index in [1.807, 2.05) is 0 Å². The number of carbonyl (C=O) groups is 1. The molecule has 0 unspecified atom stereocenters. The Morgan fingerprint density at radius 1 is 1.50 bits per heavy atom. The number of hydrogen-bond donors (Lipinski definition) is 1. The van der Waals surface area contributed by atoms with Crippen LogP contribution in [0.1, 0.15) is 19.7 Å². The number of halogens is 1. The van der Waals surface area contributed by atoms with Crippen molar-refractivity contribution in [1.29, 1.82) is 0 Å². The summed E-state index contributed by atoms with van der Waals surface area (Å²) in [5, 5.41) is 0.573. The van der Waals surface area contributed by atoms with Gasteiger partial charge in [-0.3, -0.25) is 4.79 Å². The van der Waals surface area contributed by atoms with Gasteiger partial charge >= 0.3 is 0 Å². The molecule has 1 aromatic carbocycles. The standard InChI is InChI=1S/C11H11ClN2O2/c1-11(2,9(13)15)10-14-7-5-6(12)3-4-8(7)16-10/h3-5H,1-2H3,(H2,13,15). The molecule has 1 aromatic heterocycles. The summed E-state index contributed by atoms with van der Waals surface area (Å²) >= 11 is 5.83. The van der Waals surface area contributed by atoms with Crippen molar-refractivity contribution in [3.8, 4) is 0 Å². The maximum atomic E-state index is 11.3. The van der Waals surface area contributed by atoms with Crippen molar-refractivity contribution in [1.82, 2.24) is 4.98 Å². The van der Waals surface area contributed by atoms with Gasteiger partial charge in [0, 0.05) is 5.02 Å². The maximum Gasteiger partial charge on any atom is 0.232 e. The van der Waals surface area contributed by atoms with E-state index in [4.69, 9.17) is 21.8 Å². The molecule has 0 aliphatic carbocycles. The molecule has 4 nitrogen and oxygen atoms in total. The molecule has 0 radical (unpaired) electrons. The van der Waals surface area contributed by atoms with Crippen LogP contribution >= 0.6 is 11.6 Å². The molecule has 5 heteroatoms. The third kappa shape index (κ3) is 1.65. The van der Waals surface area contributed by atoms with Crippen molar-refractivity contribution < 1.29 is 9.21 Å². The van der Waals surface area contributed by atoms with Crippen LogP contribution < -0.4 is 5.73 Å². The summed E-state index contributed by atoms with van der Waals surface area (Å²) in [5.41, 5.74) is 5.58. The Morgan fingerprint density at radius 2 is 2.19 bits per heavy atom. The van der Waals surface area contributed by atoms with Crippen molar-refractivity contribution in [2.24, 2.45) is 5.73 Å². The summed E-state index contributed by atoms with van der Waals surface area (Å²) < 4.78 is 5.48. The SMILES string of the molecule is CC(C)(C(N)=O)c1nc2cc(Cl)ccc2o1. The fourth-order valence-corrected chi connectivity index (χ4v) is 1.44. The molecule has 0 fully saturated rings. The molecule has 1 amide bonds. The second-order valence-corrected chi connectivity index (χ2v) is 4.56. The summed E-state index contributed by atoms with van der Waals surface area (Å²) in [6.45, 7) is 3.34. The summed E-state index contributed by atoms with van der Waals surface area (Å²) in [6.07, 6.45) is 0. The number of hydrogen-bond acceptors (Lipinski definition) is 3. The van der Waals surface area contributed by atoms with Gasteiger partial charge in [0.25, 0.3) is 0 Å². The minimum Gasteiger partial charge on any atom is -0.440 e. The van der Waals surface area contributed by atoms with Gasteiger partial charge in [-0.15, -0.1) is 0 Å². The van der Waals surface area contributed by atoms with Crippen molar-refractivity contribution >= 4 is 28.6 Å². The number of aromatic nitrogens is 1. The second-order valence-electron chi connectivity index (χ2n) is 4.12. The van der Waals surface area contributed by atoms with Crippen LogP contribution in [-0.2, 0) is 10.2 Å². The Bertz CT molecular complexity index is 560. The number of carbonyl (C=O) groups excluding carboxylic acids is 1. The second kappa shape index (κ2) is 3.49. The molecular formula is C11H11ClN2O2. The third-order valence-corrected chi connectivity index (χ3v) is 2.74.